The van der Waals surface area contributed by atoms with Crippen LogP contribution < -0.4 is 5.56 Å². The van der Waals surface area contributed by atoms with E-state index in [0.717, 1.165) is 11.5 Å². The van der Waals surface area contributed by atoms with Gasteiger partial charge in [0.15, 0.2) is 12.4 Å². The molecule has 25 heavy (non-hydrogen) atoms. The fourth-order valence-electron chi connectivity index (χ4n) is 1.59. The molecule has 1 aromatic rings. The second-order valence-corrected chi connectivity index (χ2v) is 5.39. The van der Waals surface area contributed by atoms with E-state index in [1.165, 1.54) is 18.6 Å². The lowest BCUT2D eigenvalue weighted by atomic mass is 10.3. The van der Waals surface area contributed by atoms with Crippen molar-refractivity contribution in [3.05, 3.63) is 32.4 Å². The molecule has 0 aliphatic rings. The van der Waals surface area contributed by atoms with Crippen LogP contribution in [0.4, 0.5) is 11.6 Å². The van der Waals surface area contributed by atoms with Crippen molar-refractivity contribution in [3.63, 3.8) is 0 Å². The highest BCUT2D eigenvalue weighted by Crippen LogP contribution is 2.18. The number of aromatic nitrogens is 2. The second kappa shape index (κ2) is 8.57. The summed E-state index contributed by atoms with van der Waals surface area (Å²) in [6.07, 6.45) is 4.23. The van der Waals surface area contributed by atoms with Crippen LogP contribution in [0.25, 0.3) is 6.08 Å². The number of nitro groups is 1. The predicted octanol–water partition coefficient (Wildman–Crippen LogP) is 0.426. The van der Waals surface area contributed by atoms with Crippen molar-refractivity contribution >= 4 is 30.0 Å². The zero-order chi connectivity index (χ0) is 19.1. The summed E-state index contributed by atoms with van der Waals surface area (Å²) in [5, 5.41) is 11.3. The molecule has 0 saturated heterocycles. The molecule has 0 N–H and O–H groups in total. The van der Waals surface area contributed by atoms with Gasteiger partial charge in [-0.25, -0.2) is 14.5 Å². The summed E-state index contributed by atoms with van der Waals surface area (Å²) >= 11 is 0. The van der Waals surface area contributed by atoms with Crippen molar-refractivity contribution in [1.29, 1.82) is 0 Å². The Morgan fingerprint density at radius 3 is 2.48 bits per heavy atom. The van der Waals surface area contributed by atoms with Crippen LogP contribution in [0.3, 0.4) is 0 Å². The Labute approximate surface area is 144 Å². The molecule has 11 nitrogen and oxygen atoms in total. The molecule has 0 spiro atoms. The summed E-state index contributed by atoms with van der Waals surface area (Å²) in [4.78, 5) is 45.3. The smallest absolute Gasteiger partial charge is 0.359 e. The number of carbonyl (C=O) groups is 1. The third-order valence-electron chi connectivity index (χ3n) is 2.67. The standard InChI is InChI=1S/C14H20N6O5/c1-10(21)25-9-19-13(22)12(20(23)24)11(6-7-17(2)3)16-14(19)15-8-18(4)5/h6-8H,9H2,1-5H3/b7-6+,15-8+. The Kier molecular flexibility index (Phi) is 6.79. The molecule has 0 bridgehead atoms. The van der Waals surface area contributed by atoms with E-state index in [-0.39, 0.29) is 11.6 Å². The molecule has 0 aromatic carbocycles. The van der Waals surface area contributed by atoms with Crippen molar-refractivity contribution in [3.8, 4) is 0 Å². The van der Waals surface area contributed by atoms with E-state index in [1.807, 2.05) is 0 Å². The van der Waals surface area contributed by atoms with Crippen LogP contribution in [0.2, 0.25) is 0 Å². The number of rotatable bonds is 7. The van der Waals surface area contributed by atoms with Gasteiger partial charge in [-0.2, -0.15) is 0 Å². The van der Waals surface area contributed by atoms with Gasteiger partial charge in [-0.05, 0) is 6.08 Å². The average molecular weight is 352 g/mol. The van der Waals surface area contributed by atoms with E-state index in [9.17, 15) is 19.7 Å². The first kappa shape index (κ1) is 19.8. The quantitative estimate of drug-likeness (QED) is 0.227. The molecule has 0 saturated carbocycles. The van der Waals surface area contributed by atoms with E-state index in [0.29, 0.717) is 0 Å². The number of hydrogen-bond acceptors (Lipinski definition) is 8. The predicted molar refractivity (Wildman–Crippen MR) is 91.5 cm³/mol. The Morgan fingerprint density at radius 2 is 2.00 bits per heavy atom. The van der Waals surface area contributed by atoms with Gasteiger partial charge >= 0.3 is 17.2 Å². The molecule has 0 aliphatic carbocycles. The van der Waals surface area contributed by atoms with E-state index in [1.54, 1.807) is 38.0 Å². The number of ether oxygens (including phenoxy) is 1. The van der Waals surface area contributed by atoms with Gasteiger partial charge in [0.25, 0.3) is 0 Å². The van der Waals surface area contributed by atoms with Crippen molar-refractivity contribution < 1.29 is 14.5 Å². The highest BCUT2D eigenvalue weighted by Gasteiger charge is 2.24. The van der Waals surface area contributed by atoms with Crippen LogP contribution in [0, 0.1) is 10.1 Å². The maximum atomic E-state index is 12.5. The molecule has 0 radical (unpaired) electrons. The van der Waals surface area contributed by atoms with Crippen LogP contribution in [-0.4, -0.2) is 64.8 Å². The zero-order valence-corrected chi connectivity index (χ0v) is 14.7. The van der Waals surface area contributed by atoms with Crippen molar-refractivity contribution in [1.82, 2.24) is 19.4 Å². The molecule has 0 aliphatic heterocycles. The number of esters is 1. The van der Waals surface area contributed by atoms with Gasteiger partial charge in [0.2, 0.25) is 5.95 Å². The summed E-state index contributed by atoms with van der Waals surface area (Å²) in [5.74, 6) is -0.766. The van der Waals surface area contributed by atoms with Crippen LogP contribution in [-0.2, 0) is 16.3 Å². The molecule has 1 aromatic heterocycles. The van der Waals surface area contributed by atoms with E-state index >= 15 is 0 Å². The Morgan fingerprint density at radius 1 is 1.36 bits per heavy atom. The SMILES string of the molecule is CC(=O)OCn1c(/N=C/N(C)C)nc(/C=C/N(C)C)c([N+](=O)[O-])c1=O. The van der Waals surface area contributed by atoms with Gasteiger partial charge in [-0.15, -0.1) is 0 Å². The third kappa shape index (κ3) is 5.71. The van der Waals surface area contributed by atoms with Gasteiger partial charge < -0.3 is 14.5 Å². The molecular formula is C14H20N6O5. The first-order valence-electron chi connectivity index (χ1n) is 7.11. The Hall–Kier alpha value is -3.24. The van der Waals surface area contributed by atoms with Crippen molar-refractivity contribution in [2.24, 2.45) is 4.99 Å². The van der Waals surface area contributed by atoms with Crippen LogP contribution >= 0.6 is 0 Å². The monoisotopic (exact) mass is 352 g/mol. The Balaban J connectivity index is 3.62. The minimum Gasteiger partial charge on any atom is -0.444 e. The number of carbonyl (C=O) groups excluding carboxylic acids is 1. The van der Waals surface area contributed by atoms with Crippen LogP contribution in [0.1, 0.15) is 12.6 Å². The van der Waals surface area contributed by atoms with Gasteiger partial charge in [0.05, 0.1) is 11.3 Å². The summed E-state index contributed by atoms with van der Waals surface area (Å²) in [6, 6.07) is 0. The molecular weight excluding hydrogens is 332 g/mol. The summed E-state index contributed by atoms with van der Waals surface area (Å²) in [5.41, 5.74) is -1.84. The lowest BCUT2D eigenvalue weighted by Crippen LogP contribution is -2.27. The van der Waals surface area contributed by atoms with Gasteiger partial charge in [0, 0.05) is 41.3 Å². The van der Waals surface area contributed by atoms with E-state index in [4.69, 9.17) is 4.74 Å². The molecule has 136 valence electrons. The van der Waals surface area contributed by atoms with Crippen molar-refractivity contribution in [2.45, 2.75) is 13.7 Å². The lowest BCUT2D eigenvalue weighted by molar-refractivity contribution is -0.387. The third-order valence-corrected chi connectivity index (χ3v) is 2.67. The second-order valence-electron chi connectivity index (χ2n) is 5.39. The number of aliphatic imine (C=N–C) groups is 1. The fraction of sp³-hybridized carbons (Fsp3) is 0.429. The number of nitrogens with zero attached hydrogens (tertiary/aromatic N) is 6. The highest BCUT2D eigenvalue weighted by atomic mass is 16.6. The molecule has 0 atom stereocenters. The highest BCUT2D eigenvalue weighted by molar-refractivity contribution is 5.66. The minimum atomic E-state index is -0.967. The zero-order valence-electron chi connectivity index (χ0n) is 14.7. The topological polar surface area (TPSA) is 123 Å². The summed E-state index contributed by atoms with van der Waals surface area (Å²) in [7, 11) is 6.84. The van der Waals surface area contributed by atoms with Crippen LogP contribution in [0.15, 0.2) is 16.0 Å². The molecule has 1 heterocycles. The van der Waals surface area contributed by atoms with Gasteiger partial charge in [-0.1, -0.05) is 0 Å². The molecule has 0 fully saturated rings. The molecule has 0 amide bonds. The average Bonchev–Trinajstić information content (AvgIpc) is 2.48. The largest absolute Gasteiger partial charge is 0.444 e. The van der Waals surface area contributed by atoms with Gasteiger partial charge in [-0.3, -0.25) is 19.7 Å². The first-order valence-corrected chi connectivity index (χ1v) is 7.11. The lowest BCUT2D eigenvalue weighted by Gasteiger charge is -2.11. The minimum absolute atomic E-state index is 0.121. The fourth-order valence-corrected chi connectivity index (χ4v) is 1.59. The maximum absolute atomic E-state index is 12.5. The molecule has 0 unspecified atom stereocenters. The Bertz CT molecular complexity index is 766. The normalized spacial score (nSPS) is 11.1. The summed E-state index contributed by atoms with van der Waals surface area (Å²) in [6.45, 7) is 0.629. The molecule has 11 heteroatoms. The molecule has 1 rings (SSSR count). The first-order chi connectivity index (χ1) is 11.6. The van der Waals surface area contributed by atoms with E-state index < -0.39 is 28.9 Å². The van der Waals surface area contributed by atoms with Crippen LogP contribution in [0.5, 0.6) is 0 Å². The van der Waals surface area contributed by atoms with Crippen molar-refractivity contribution in [2.75, 3.05) is 28.2 Å². The van der Waals surface area contributed by atoms with E-state index in [2.05, 4.69) is 9.98 Å². The number of hydrogen-bond donors (Lipinski definition) is 0. The maximum Gasteiger partial charge on any atom is 0.359 e. The van der Waals surface area contributed by atoms with Gasteiger partial charge in [0.1, 0.15) is 0 Å². The summed E-state index contributed by atoms with van der Waals surface area (Å²) < 4.78 is 5.60.